The van der Waals surface area contributed by atoms with Crippen LogP contribution >= 0.6 is 0 Å². The fraction of sp³-hybridized carbons (Fsp3) is 0.214. The first-order chi connectivity index (χ1) is 18.5. The van der Waals surface area contributed by atoms with Crippen LogP contribution in [0.15, 0.2) is 73.6 Å². The second-order valence-electron chi connectivity index (χ2n) is 9.32. The number of aromatic amines is 1. The van der Waals surface area contributed by atoms with Crippen molar-refractivity contribution in [3.05, 3.63) is 90.7 Å². The highest BCUT2D eigenvalue weighted by Gasteiger charge is 2.30. The summed E-state index contributed by atoms with van der Waals surface area (Å²) in [6.45, 7) is 4.21. The number of rotatable bonds is 7. The van der Waals surface area contributed by atoms with Gasteiger partial charge in [0.15, 0.2) is 11.5 Å². The maximum atomic E-state index is 12.2. The number of nitrogens with one attached hydrogen (secondary N) is 1. The van der Waals surface area contributed by atoms with Gasteiger partial charge in [-0.05, 0) is 42.2 Å². The normalized spacial score (nSPS) is 15.5. The highest BCUT2D eigenvalue weighted by Crippen LogP contribution is 2.37. The number of H-pyrrole nitrogens is 1. The lowest BCUT2D eigenvalue weighted by atomic mass is 9.92. The molecule has 1 saturated heterocycles. The zero-order valence-electron chi connectivity index (χ0n) is 20.6. The Morgan fingerprint density at radius 3 is 2.50 bits per heavy atom. The standard InChI is InChI=1S/C28H26N6O3S/c1-2-25-31-27(33-32-25)24-17-30-34-26(21-12-14-38(35,36)15-13-21)23(16-29-28(24)34)20-8-10-22(11-9-20)37-18-19-6-4-3-5-7-19/h2-11,16-17,21H,1,12-15,18H2,(H,31,32,33). The predicted octanol–water partition coefficient (Wildman–Crippen LogP) is 4.70. The lowest BCUT2D eigenvalue weighted by Crippen LogP contribution is -2.24. The van der Waals surface area contributed by atoms with Gasteiger partial charge >= 0.3 is 0 Å². The molecule has 0 saturated carbocycles. The Labute approximate surface area is 220 Å². The van der Waals surface area contributed by atoms with Crippen molar-refractivity contribution in [1.29, 1.82) is 0 Å². The summed E-state index contributed by atoms with van der Waals surface area (Å²) in [5.41, 5.74) is 5.21. The molecule has 3 aromatic heterocycles. The van der Waals surface area contributed by atoms with Crippen LogP contribution in [0.5, 0.6) is 5.75 Å². The van der Waals surface area contributed by atoms with Crippen molar-refractivity contribution in [2.45, 2.75) is 25.4 Å². The molecule has 10 heteroatoms. The molecule has 38 heavy (non-hydrogen) atoms. The molecular weight excluding hydrogens is 500 g/mol. The van der Waals surface area contributed by atoms with E-state index in [4.69, 9.17) is 9.72 Å². The molecule has 0 aliphatic carbocycles. The third-order valence-electron chi connectivity index (χ3n) is 6.86. The van der Waals surface area contributed by atoms with Crippen LogP contribution in [0.25, 0.3) is 34.2 Å². The molecule has 1 N–H and O–H groups in total. The minimum absolute atomic E-state index is 0.0108. The predicted molar refractivity (Wildman–Crippen MR) is 145 cm³/mol. The van der Waals surface area contributed by atoms with E-state index in [0.29, 0.717) is 42.3 Å². The second-order valence-corrected chi connectivity index (χ2v) is 11.6. The number of ether oxygens (including phenoxy) is 1. The van der Waals surface area contributed by atoms with Crippen LogP contribution in [-0.4, -0.2) is 49.7 Å². The average molecular weight is 527 g/mol. The minimum Gasteiger partial charge on any atom is -0.489 e. The number of aromatic nitrogens is 6. The van der Waals surface area contributed by atoms with Crippen molar-refractivity contribution in [1.82, 2.24) is 29.8 Å². The van der Waals surface area contributed by atoms with Gasteiger partial charge in [0, 0.05) is 17.7 Å². The van der Waals surface area contributed by atoms with Crippen LogP contribution in [0.2, 0.25) is 0 Å². The molecule has 0 atom stereocenters. The first-order valence-corrected chi connectivity index (χ1v) is 14.2. The van der Waals surface area contributed by atoms with E-state index in [1.54, 1.807) is 12.3 Å². The monoisotopic (exact) mass is 526 g/mol. The molecule has 6 rings (SSSR count). The summed E-state index contributed by atoms with van der Waals surface area (Å²) in [5, 5.41) is 11.8. The highest BCUT2D eigenvalue weighted by atomic mass is 32.2. The summed E-state index contributed by atoms with van der Waals surface area (Å²) < 4.78 is 32.2. The Morgan fingerprint density at radius 1 is 1.03 bits per heavy atom. The fourth-order valence-electron chi connectivity index (χ4n) is 4.84. The molecule has 0 bridgehead atoms. The highest BCUT2D eigenvalue weighted by molar-refractivity contribution is 7.91. The molecule has 2 aromatic carbocycles. The Morgan fingerprint density at radius 2 is 1.79 bits per heavy atom. The smallest absolute Gasteiger partial charge is 0.186 e. The Bertz CT molecular complexity index is 1690. The van der Waals surface area contributed by atoms with Gasteiger partial charge in [-0.15, -0.1) is 0 Å². The van der Waals surface area contributed by atoms with Crippen molar-refractivity contribution >= 4 is 21.6 Å². The lowest BCUT2D eigenvalue weighted by molar-refractivity contribution is 0.306. The van der Waals surface area contributed by atoms with Gasteiger partial charge < -0.3 is 4.74 Å². The van der Waals surface area contributed by atoms with Gasteiger partial charge in [-0.25, -0.2) is 22.9 Å². The zero-order chi connectivity index (χ0) is 26.1. The van der Waals surface area contributed by atoms with Crippen molar-refractivity contribution in [3.63, 3.8) is 0 Å². The number of hydrogen-bond acceptors (Lipinski definition) is 7. The van der Waals surface area contributed by atoms with E-state index in [1.165, 1.54) is 0 Å². The summed E-state index contributed by atoms with van der Waals surface area (Å²) in [6, 6.07) is 17.9. The largest absolute Gasteiger partial charge is 0.489 e. The number of hydrogen-bond donors (Lipinski definition) is 1. The van der Waals surface area contributed by atoms with E-state index in [0.717, 1.165) is 28.1 Å². The number of benzene rings is 2. The topological polar surface area (TPSA) is 115 Å². The van der Waals surface area contributed by atoms with Crippen LogP contribution < -0.4 is 4.74 Å². The van der Waals surface area contributed by atoms with Gasteiger partial charge in [0.05, 0.1) is 29.0 Å². The first-order valence-electron chi connectivity index (χ1n) is 12.4. The van der Waals surface area contributed by atoms with Crippen LogP contribution in [-0.2, 0) is 16.4 Å². The SMILES string of the molecule is C=Cc1nc(-c2cnn3c(C4CCS(=O)(=O)CC4)c(-c4ccc(OCc5ccccc5)cc4)cnc23)n[nH]1. The molecule has 0 unspecified atom stereocenters. The molecule has 0 spiro atoms. The summed E-state index contributed by atoms with van der Waals surface area (Å²) in [6.07, 6.45) is 6.19. The molecule has 5 aromatic rings. The van der Waals surface area contributed by atoms with Crippen molar-refractivity contribution in [2.75, 3.05) is 11.5 Å². The van der Waals surface area contributed by atoms with E-state index < -0.39 is 9.84 Å². The van der Waals surface area contributed by atoms with Crippen LogP contribution in [0.4, 0.5) is 0 Å². The Balaban J connectivity index is 1.38. The van der Waals surface area contributed by atoms with Gasteiger partial charge in [0.25, 0.3) is 0 Å². The van der Waals surface area contributed by atoms with Crippen LogP contribution in [0.3, 0.4) is 0 Å². The van der Waals surface area contributed by atoms with Gasteiger partial charge in [0.1, 0.15) is 28.0 Å². The minimum atomic E-state index is -3.02. The molecule has 0 radical (unpaired) electrons. The van der Waals surface area contributed by atoms with Crippen LogP contribution in [0.1, 0.15) is 35.8 Å². The summed E-state index contributed by atoms with van der Waals surface area (Å²) in [5.74, 6) is 2.13. The molecule has 192 valence electrons. The van der Waals surface area contributed by atoms with Crippen molar-refractivity contribution in [3.8, 4) is 28.3 Å². The van der Waals surface area contributed by atoms with E-state index in [-0.39, 0.29) is 17.4 Å². The van der Waals surface area contributed by atoms with Crippen molar-refractivity contribution in [2.24, 2.45) is 0 Å². The Kier molecular flexibility index (Phi) is 6.24. The summed E-state index contributed by atoms with van der Waals surface area (Å²) in [7, 11) is -3.02. The lowest BCUT2D eigenvalue weighted by Gasteiger charge is -2.25. The van der Waals surface area contributed by atoms with Crippen LogP contribution in [0, 0.1) is 0 Å². The van der Waals surface area contributed by atoms with Crippen molar-refractivity contribution < 1.29 is 13.2 Å². The van der Waals surface area contributed by atoms with Gasteiger partial charge in [0.2, 0.25) is 0 Å². The summed E-state index contributed by atoms with van der Waals surface area (Å²) >= 11 is 0. The molecular formula is C28H26N6O3S. The molecule has 1 aliphatic rings. The van der Waals surface area contributed by atoms with E-state index >= 15 is 0 Å². The fourth-order valence-corrected chi connectivity index (χ4v) is 6.33. The molecule has 0 amide bonds. The zero-order valence-corrected chi connectivity index (χ0v) is 21.4. The van der Waals surface area contributed by atoms with E-state index in [9.17, 15) is 8.42 Å². The number of nitrogens with zero attached hydrogens (tertiary/aromatic N) is 5. The third kappa shape index (κ3) is 4.70. The maximum absolute atomic E-state index is 12.2. The van der Waals surface area contributed by atoms with Gasteiger partial charge in [-0.1, -0.05) is 49.0 Å². The Hall–Kier alpha value is -4.31. The quantitative estimate of drug-likeness (QED) is 0.327. The van der Waals surface area contributed by atoms with E-state index in [2.05, 4.69) is 26.9 Å². The second kappa shape index (κ2) is 9.86. The average Bonchev–Trinajstić information content (AvgIpc) is 3.60. The number of fused-ring (bicyclic) bond motifs is 1. The first kappa shape index (κ1) is 24.1. The third-order valence-corrected chi connectivity index (χ3v) is 8.57. The molecule has 1 fully saturated rings. The van der Waals surface area contributed by atoms with Gasteiger partial charge in [-0.3, -0.25) is 5.10 Å². The molecule has 1 aliphatic heterocycles. The maximum Gasteiger partial charge on any atom is 0.186 e. The van der Waals surface area contributed by atoms with E-state index in [1.807, 2.05) is 65.3 Å². The summed E-state index contributed by atoms with van der Waals surface area (Å²) in [4.78, 5) is 9.18. The molecule has 9 nitrogen and oxygen atoms in total. The molecule has 4 heterocycles. The number of sulfone groups is 1. The van der Waals surface area contributed by atoms with Gasteiger partial charge in [-0.2, -0.15) is 10.2 Å².